The number of rotatable bonds is 4. The Hall–Kier alpha value is -1.57. The molecule has 0 bridgehead atoms. The van der Waals surface area contributed by atoms with Crippen molar-refractivity contribution in [2.75, 3.05) is 7.11 Å². The fraction of sp³-hybridized carbons (Fsp3) is 0.300. The van der Waals surface area contributed by atoms with Gasteiger partial charge in [0.05, 0.1) is 17.8 Å². The third-order valence-electron chi connectivity index (χ3n) is 2.26. The molecule has 0 aliphatic heterocycles. The Morgan fingerprint density at radius 2 is 2.18 bits per heavy atom. The first-order chi connectivity index (χ1) is 8.26. The average Bonchev–Trinajstić information content (AvgIpc) is 2.77. The standard InChI is InChI=1S/C10H13N5OS/c1-6-14-7(5-17-6)8(15-11)9-10(16-2)13-4-3-12-9/h3-5,8,15H,11H2,1-2H3. The van der Waals surface area contributed by atoms with E-state index in [9.17, 15) is 0 Å². The van der Waals surface area contributed by atoms with E-state index in [0.29, 0.717) is 11.6 Å². The highest BCUT2D eigenvalue weighted by Gasteiger charge is 2.21. The monoisotopic (exact) mass is 251 g/mol. The molecule has 0 aliphatic carbocycles. The molecule has 0 aliphatic rings. The summed E-state index contributed by atoms with van der Waals surface area (Å²) < 4.78 is 5.16. The molecule has 3 N–H and O–H groups in total. The van der Waals surface area contributed by atoms with E-state index >= 15 is 0 Å². The Labute approximate surface area is 103 Å². The first kappa shape index (κ1) is 11.9. The van der Waals surface area contributed by atoms with Crippen LogP contribution >= 0.6 is 11.3 Å². The van der Waals surface area contributed by atoms with Gasteiger partial charge in [-0.05, 0) is 6.92 Å². The van der Waals surface area contributed by atoms with E-state index in [1.165, 1.54) is 0 Å². The maximum atomic E-state index is 5.56. The van der Waals surface area contributed by atoms with Crippen molar-refractivity contribution in [1.82, 2.24) is 20.4 Å². The molecule has 2 aromatic heterocycles. The predicted molar refractivity (Wildman–Crippen MR) is 64.6 cm³/mol. The summed E-state index contributed by atoms with van der Waals surface area (Å²) >= 11 is 1.56. The van der Waals surface area contributed by atoms with Crippen LogP contribution in [0.25, 0.3) is 0 Å². The van der Waals surface area contributed by atoms with E-state index in [2.05, 4.69) is 20.4 Å². The SMILES string of the molecule is COc1nccnc1C(NN)c1csc(C)n1. The molecule has 7 heteroatoms. The first-order valence-electron chi connectivity index (χ1n) is 4.99. The number of ether oxygens (including phenoxy) is 1. The lowest BCUT2D eigenvalue weighted by Crippen LogP contribution is -2.30. The van der Waals surface area contributed by atoms with Gasteiger partial charge in [0.15, 0.2) is 0 Å². The van der Waals surface area contributed by atoms with Gasteiger partial charge in [-0.2, -0.15) is 0 Å². The van der Waals surface area contributed by atoms with E-state index in [1.807, 2.05) is 12.3 Å². The van der Waals surface area contributed by atoms with Crippen LogP contribution < -0.4 is 16.0 Å². The van der Waals surface area contributed by atoms with Gasteiger partial charge in [-0.15, -0.1) is 11.3 Å². The minimum atomic E-state index is -0.316. The number of hydrazine groups is 1. The van der Waals surface area contributed by atoms with Gasteiger partial charge >= 0.3 is 0 Å². The summed E-state index contributed by atoms with van der Waals surface area (Å²) in [7, 11) is 1.55. The zero-order valence-corrected chi connectivity index (χ0v) is 10.4. The third-order valence-corrected chi connectivity index (χ3v) is 3.05. The van der Waals surface area contributed by atoms with Crippen LogP contribution in [-0.2, 0) is 0 Å². The average molecular weight is 251 g/mol. The second-order valence-electron chi connectivity index (χ2n) is 3.34. The molecule has 0 fully saturated rings. The number of hydrogen-bond donors (Lipinski definition) is 2. The highest BCUT2D eigenvalue weighted by atomic mass is 32.1. The molecule has 17 heavy (non-hydrogen) atoms. The van der Waals surface area contributed by atoms with Gasteiger partial charge in [0, 0.05) is 17.8 Å². The molecule has 2 heterocycles. The van der Waals surface area contributed by atoms with Crippen LogP contribution in [0.5, 0.6) is 5.88 Å². The summed E-state index contributed by atoms with van der Waals surface area (Å²) in [4.78, 5) is 12.7. The predicted octanol–water partition coefficient (Wildman–Crippen LogP) is 0.803. The highest BCUT2D eigenvalue weighted by molar-refractivity contribution is 7.09. The number of nitrogens with zero attached hydrogens (tertiary/aromatic N) is 3. The summed E-state index contributed by atoms with van der Waals surface area (Å²) in [5.41, 5.74) is 4.13. The summed E-state index contributed by atoms with van der Waals surface area (Å²) in [5, 5.41) is 2.91. The zero-order valence-electron chi connectivity index (χ0n) is 9.54. The highest BCUT2D eigenvalue weighted by Crippen LogP contribution is 2.26. The lowest BCUT2D eigenvalue weighted by Gasteiger charge is -2.14. The van der Waals surface area contributed by atoms with Gasteiger partial charge in [0.25, 0.3) is 0 Å². The fourth-order valence-corrected chi connectivity index (χ4v) is 2.15. The minimum absolute atomic E-state index is 0.316. The zero-order chi connectivity index (χ0) is 12.3. The van der Waals surface area contributed by atoms with E-state index in [-0.39, 0.29) is 6.04 Å². The number of aromatic nitrogens is 3. The molecule has 6 nitrogen and oxygen atoms in total. The second-order valence-corrected chi connectivity index (χ2v) is 4.40. The number of aryl methyl sites for hydroxylation is 1. The third kappa shape index (κ3) is 2.41. The van der Waals surface area contributed by atoms with Gasteiger partial charge in [-0.25, -0.2) is 15.4 Å². The van der Waals surface area contributed by atoms with Crippen molar-refractivity contribution in [2.24, 2.45) is 5.84 Å². The van der Waals surface area contributed by atoms with Crippen LogP contribution in [0.2, 0.25) is 0 Å². The van der Waals surface area contributed by atoms with Crippen molar-refractivity contribution in [3.05, 3.63) is 34.2 Å². The van der Waals surface area contributed by atoms with E-state index in [1.54, 1.807) is 30.8 Å². The van der Waals surface area contributed by atoms with Crippen LogP contribution in [0.4, 0.5) is 0 Å². The van der Waals surface area contributed by atoms with Crippen molar-refractivity contribution >= 4 is 11.3 Å². The molecule has 1 atom stereocenters. The van der Waals surface area contributed by atoms with Gasteiger partial charge < -0.3 is 4.74 Å². The molecular formula is C10H13N5OS. The smallest absolute Gasteiger partial charge is 0.237 e. The number of nitrogens with one attached hydrogen (secondary N) is 1. The Kier molecular flexibility index (Phi) is 3.62. The topological polar surface area (TPSA) is 86.0 Å². The number of thiazole rings is 1. The normalized spacial score (nSPS) is 12.4. The van der Waals surface area contributed by atoms with Crippen molar-refractivity contribution in [3.63, 3.8) is 0 Å². The first-order valence-corrected chi connectivity index (χ1v) is 5.87. The number of nitrogens with two attached hydrogens (primary N) is 1. The van der Waals surface area contributed by atoms with Gasteiger partial charge in [0.2, 0.25) is 5.88 Å². The van der Waals surface area contributed by atoms with Crippen molar-refractivity contribution < 1.29 is 4.74 Å². The fourth-order valence-electron chi connectivity index (χ4n) is 1.51. The largest absolute Gasteiger partial charge is 0.480 e. The summed E-state index contributed by atoms with van der Waals surface area (Å²) in [6.07, 6.45) is 3.17. The number of methoxy groups -OCH3 is 1. The van der Waals surface area contributed by atoms with E-state index in [4.69, 9.17) is 10.6 Å². The summed E-state index contributed by atoms with van der Waals surface area (Å²) in [6, 6.07) is -0.316. The van der Waals surface area contributed by atoms with Crippen molar-refractivity contribution in [1.29, 1.82) is 0 Å². The second kappa shape index (κ2) is 5.17. The molecular weight excluding hydrogens is 238 g/mol. The molecule has 2 aromatic rings. The van der Waals surface area contributed by atoms with Crippen LogP contribution in [-0.4, -0.2) is 22.1 Å². The molecule has 0 amide bonds. The Balaban J connectivity index is 2.41. The van der Waals surface area contributed by atoms with Crippen molar-refractivity contribution in [3.8, 4) is 5.88 Å². The van der Waals surface area contributed by atoms with Crippen LogP contribution in [0.1, 0.15) is 22.4 Å². The maximum Gasteiger partial charge on any atom is 0.237 e. The quantitative estimate of drug-likeness (QED) is 0.617. The van der Waals surface area contributed by atoms with Gasteiger partial charge in [-0.1, -0.05) is 0 Å². The molecule has 0 spiro atoms. The van der Waals surface area contributed by atoms with Crippen LogP contribution in [0.3, 0.4) is 0 Å². The van der Waals surface area contributed by atoms with Gasteiger partial charge in [0.1, 0.15) is 11.7 Å². The maximum absolute atomic E-state index is 5.56. The Morgan fingerprint density at radius 1 is 1.41 bits per heavy atom. The molecule has 0 saturated carbocycles. The van der Waals surface area contributed by atoms with Crippen molar-refractivity contribution in [2.45, 2.75) is 13.0 Å². The molecule has 0 radical (unpaired) electrons. The summed E-state index contributed by atoms with van der Waals surface area (Å²) in [5.74, 6) is 6.01. The van der Waals surface area contributed by atoms with Gasteiger partial charge in [-0.3, -0.25) is 10.8 Å². The molecule has 2 rings (SSSR count). The lowest BCUT2D eigenvalue weighted by molar-refractivity contribution is 0.382. The van der Waals surface area contributed by atoms with Crippen LogP contribution in [0, 0.1) is 6.92 Å². The minimum Gasteiger partial charge on any atom is -0.480 e. The molecule has 1 unspecified atom stereocenters. The van der Waals surface area contributed by atoms with E-state index in [0.717, 1.165) is 10.7 Å². The lowest BCUT2D eigenvalue weighted by atomic mass is 10.1. The Morgan fingerprint density at radius 3 is 2.76 bits per heavy atom. The Bertz CT molecular complexity index is 501. The summed E-state index contributed by atoms with van der Waals surface area (Å²) in [6.45, 7) is 1.94. The number of hydrogen-bond acceptors (Lipinski definition) is 7. The van der Waals surface area contributed by atoms with Crippen LogP contribution in [0.15, 0.2) is 17.8 Å². The van der Waals surface area contributed by atoms with E-state index < -0.39 is 0 Å². The molecule has 0 aromatic carbocycles. The molecule has 90 valence electrons. The molecule has 0 saturated heterocycles.